The monoisotopic (exact) mass is 294 g/mol. The smallest absolute Gasteiger partial charge is 0.328 e. The number of nitrogens with one attached hydrogen (secondary N) is 2. The van der Waals surface area contributed by atoms with Gasteiger partial charge in [-0.3, -0.25) is 0 Å². The minimum absolute atomic E-state index is 0.0552. The van der Waals surface area contributed by atoms with Gasteiger partial charge in [-0.25, -0.2) is 18.0 Å². The number of aliphatic hydroxyl groups is 1. The van der Waals surface area contributed by atoms with Gasteiger partial charge in [0.1, 0.15) is 0 Å². The van der Waals surface area contributed by atoms with Crippen LogP contribution in [0.2, 0.25) is 0 Å². The fraction of sp³-hybridized carbons (Fsp3) is 0.800. The largest absolute Gasteiger partial charge is 0.480 e. The summed E-state index contributed by atoms with van der Waals surface area (Å²) in [7, 11) is -3.15. The molecular formula is C10H18N2O6S. The summed E-state index contributed by atoms with van der Waals surface area (Å²) < 4.78 is 23.0. The van der Waals surface area contributed by atoms with Crippen LogP contribution in [0, 0.1) is 0 Å². The highest BCUT2D eigenvalue weighted by Gasteiger charge is 2.32. The number of carbonyl (C=O) groups excluding carboxylic acids is 1. The van der Waals surface area contributed by atoms with Gasteiger partial charge in [-0.15, -0.1) is 0 Å². The number of carbonyl (C=O) groups is 2. The summed E-state index contributed by atoms with van der Waals surface area (Å²) in [4.78, 5) is 22.2. The third-order valence-corrected chi connectivity index (χ3v) is 5.26. The van der Waals surface area contributed by atoms with Gasteiger partial charge in [-0.05, 0) is 19.8 Å². The fourth-order valence-corrected chi connectivity index (χ4v) is 3.64. The van der Waals surface area contributed by atoms with E-state index in [9.17, 15) is 23.1 Å². The summed E-state index contributed by atoms with van der Waals surface area (Å²) >= 11 is 0. The van der Waals surface area contributed by atoms with Crippen LogP contribution < -0.4 is 10.6 Å². The van der Waals surface area contributed by atoms with Gasteiger partial charge in [-0.1, -0.05) is 0 Å². The zero-order valence-electron chi connectivity index (χ0n) is 10.5. The topological polar surface area (TPSA) is 133 Å². The van der Waals surface area contributed by atoms with Crippen LogP contribution in [-0.2, 0) is 14.6 Å². The maximum atomic E-state index is 11.5. The molecule has 0 aromatic rings. The van der Waals surface area contributed by atoms with Gasteiger partial charge in [0.15, 0.2) is 15.9 Å². The van der Waals surface area contributed by atoms with E-state index in [1.165, 1.54) is 6.92 Å². The Morgan fingerprint density at radius 3 is 2.47 bits per heavy atom. The lowest BCUT2D eigenvalue weighted by Crippen LogP contribution is -2.52. The molecule has 3 unspecified atom stereocenters. The molecule has 0 bridgehead atoms. The molecule has 0 radical (unpaired) electrons. The third kappa shape index (κ3) is 4.35. The van der Waals surface area contributed by atoms with Crippen molar-refractivity contribution in [3.8, 4) is 0 Å². The number of urea groups is 1. The first-order valence-corrected chi connectivity index (χ1v) is 7.62. The lowest BCUT2D eigenvalue weighted by atomic mass is 10.2. The van der Waals surface area contributed by atoms with Crippen molar-refractivity contribution in [3.63, 3.8) is 0 Å². The van der Waals surface area contributed by atoms with E-state index in [0.717, 1.165) is 0 Å². The summed E-state index contributed by atoms with van der Waals surface area (Å²) in [6, 6.07) is -2.24. The first-order valence-electron chi connectivity index (χ1n) is 5.91. The van der Waals surface area contributed by atoms with Gasteiger partial charge in [0.05, 0.1) is 17.1 Å². The Kier molecular flexibility index (Phi) is 5.12. The standard InChI is InChI=1S/C10H18N2O6S/c1-6(13)8(9(14)15)12-10(16)11-5-7-3-2-4-19(7,17)18/h6-8,13H,2-5H2,1H3,(H,14,15)(H2,11,12,16). The van der Waals surface area contributed by atoms with Gasteiger partial charge in [0.2, 0.25) is 0 Å². The van der Waals surface area contributed by atoms with Gasteiger partial charge >= 0.3 is 12.0 Å². The van der Waals surface area contributed by atoms with Crippen molar-refractivity contribution in [1.82, 2.24) is 10.6 Å². The van der Waals surface area contributed by atoms with Crippen LogP contribution in [0.3, 0.4) is 0 Å². The van der Waals surface area contributed by atoms with Crippen molar-refractivity contribution >= 4 is 21.8 Å². The minimum Gasteiger partial charge on any atom is -0.480 e. The summed E-state index contributed by atoms with van der Waals surface area (Å²) in [5, 5.41) is 21.7. The second-order valence-electron chi connectivity index (χ2n) is 4.54. The molecule has 1 heterocycles. The van der Waals surface area contributed by atoms with Gasteiger partial charge < -0.3 is 20.8 Å². The molecule has 9 heteroatoms. The highest BCUT2D eigenvalue weighted by atomic mass is 32.2. The molecule has 0 saturated carbocycles. The van der Waals surface area contributed by atoms with Crippen LogP contribution in [0.5, 0.6) is 0 Å². The molecule has 1 aliphatic rings. The predicted molar refractivity (Wildman–Crippen MR) is 66.4 cm³/mol. The molecular weight excluding hydrogens is 276 g/mol. The molecule has 0 aliphatic carbocycles. The summed E-state index contributed by atoms with van der Waals surface area (Å²) in [5.74, 6) is -1.24. The quantitative estimate of drug-likeness (QED) is 0.498. The first kappa shape index (κ1) is 15.7. The van der Waals surface area contributed by atoms with Crippen molar-refractivity contribution in [2.45, 2.75) is 37.2 Å². The van der Waals surface area contributed by atoms with Crippen molar-refractivity contribution in [2.24, 2.45) is 0 Å². The number of sulfone groups is 1. The maximum Gasteiger partial charge on any atom is 0.328 e. The van der Waals surface area contributed by atoms with Crippen molar-refractivity contribution < 1.29 is 28.2 Å². The van der Waals surface area contributed by atoms with Crippen LogP contribution in [0.4, 0.5) is 4.79 Å². The fourth-order valence-electron chi connectivity index (χ4n) is 1.87. The van der Waals surface area contributed by atoms with Crippen molar-refractivity contribution in [3.05, 3.63) is 0 Å². The van der Waals surface area contributed by atoms with E-state index in [2.05, 4.69) is 10.6 Å². The lowest BCUT2D eigenvalue weighted by molar-refractivity contribution is -0.141. The van der Waals surface area contributed by atoms with E-state index in [0.29, 0.717) is 12.8 Å². The number of rotatable bonds is 5. The molecule has 19 heavy (non-hydrogen) atoms. The zero-order chi connectivity index (χ0) is 14.6. The van der Waals surface area contributed by atoms with Gasteiger partial charge in [0.25, 0.3) is 0 Å². The molecule has 0 aromatic heterocycles. The van der Waals surface area contributed by atoms with Crippen LogP contribution in [-0.4, -0.2) is 60.3 Å². The molecule has 1 rings (SSSR count). The predicted octanol–water partition coefficient (Wildman–Crippen LogP) is -1.30. The minimum atomic E-state index is -3.15. The number of aliphatic carboxylic acids is 1. The van der Waals surface area contributed by atoms with Crippen LogP contribution in [0.15, 0.2) is 0 Å². The molecule has 1 fully saturated rings. The second-order valence-corrected chi connectivity index (χ2v) is 6.94. The summed E-state index contributed by atoms with van der Waals surface area (Å²) in [5.41, 5.74) is 0. The summed E-state index contributed by atoms with van der Waals surface area (Å²) in [6.45, 7) is 1.18. The number of hydrogen-bond acceptors (Lipinski definition) is 5. The Morgan fingerprint density at radius 2 is 2.05 bits per heavy atom. The summed E-state index contributed by atoms with van der Waals surface area (Å²) in [6.07, 6.45) is -0.193. The molecule has 2 amide bonds. The van der Waals surface area contributed by atoms with E-state index in [1.807, 2.05) is 0 Å². The number of aliphatic hydroxyl groups excluding tert-OH is 1. The molecule has 1 aliphatic heterocycles. The molecule has 3 atom stereocenters. The van der Waals surface area contributed by atoms with E-state index in [-0.39, 0.29) is 12.3 Å². The number of carboxylic acid groups (broad SMARTS) is 1. The van der Waals surface area contributed by atoms with Crippen LogP contribution in [0.25, 0.3) is 0 Å². The molecule has 0 spiro atoms. The number of hydrogen-bond donors (Lipinski definition) is 4. The first-order chi connectivity index (χ1) is 8.74. The highest BCUT2D eigenvalue weighted by Crippen LogP contribution is 2.18. The zero-order valence-corrected chi connectivity index (χ0v) is 11.3. The highest BCUT2D eigenvalue weighted by molar-refractivity contribution is 7.92. The van der Waals surface area contributed by atoms with E-state index < -0.39 is 39.2 Å². The Morgan fingerprint density at radius 1 is 1.42 bits per heavy atom. The second kappa shape index (κ2) is 6.20. The molecule has 8 nitrogen and oxygen atoms in total. The Balaban J connectivity index is 2.46. The van der Waals surface area contributed by atoms with Crippen molar-refractivity contribution in [2.75, 3.05) is 12.3 Å². The third-order valence-electron chi connectivity index (χ3n) is 2.99. The number of carboxylic acids is 1. The molecule has 0 aromatic carbocycles. The van der Waals surface area contributed by atoms with Crippen LogP contribution >= 0.6 is 0 Å². The Bertz CT molecular complexity index is 447. The number of amides is 2. The van der Waals surface area contributed by atoms with Gasteiger partial charge in [0, 0.05) is 6.54 Å². The molecule has 4 N–H and O–H groups in total. The molecule has 110 valence electrons. The Labute approximate surface area is 111 Å². The van der Waals surface area contributed by atoms with E-state index >= 15 is 0 Å². The average Bonchev–Trinajstić information content (AvgIpc) is 2.61. The van der Waals surface area contributed by atoms with E-state index in [4.69, 9.17) is 5.11 Å². The lowest BCUT2D eigenvalue weighted by Gasteiger charge is -2.18. The normalized spacial score (nSPS) is 24.4. The molecule has 1 saturated heterocycles. The van der Waals surface area contributed by atoms with Gasteiger partial charge in [-0.2, -0.15) is 0 Å². The maximum absolute atomic E-state index is 11.5. The Hall–Kier alpha value is -1.35. The average molecular weight is 294 g/mol. The van der Waals surface area contributed by atoms with Crippen molar-refractivity contribution in [1.29, 1.82) is 0 Å². The SMILES string of the molecule is CC(O)C(NC(=O)NCC1CCCS1(=O)=O)C(=O)O. The van der Waals surface area contributed by atoms with E-state index in [1.54, 1.807) is 0 Å². The van der Waals surface area contributed by atoms with Crippen LogP contribution in [0.1, 0.15) is 19.8 Å².